The fourth-order valence-electron chi connectivity index (χ4n) is 3.76. The lowest BCUT2D eigenvalue weighted by atomic mass is 10.1. The van der Waals surface area contributed by atoms with Gasteiger partial charge in [0.1, 0.15) is 5.69 Å². The van der Waals surface area contributed by atoms with Crippen LogP contribution in [0.1, 0.15) is 24.3 Å². The van der Waals surface area contributed by atoms with Crippen molar-refractivity contribution in [2.45, 2.75) is 19.9 Å². The van der Waals surface area contributed by atoms with Gasteiger partial charge in [-0.1, -0.05) is 12.1 Å². The Morgan fingerprint density at radius 2 is 1.90 bits per heavy atom. The van der Waals surface area contributed by atoms with Gasteiger partial charge in [-0.2, -0.15) is 0 Å². The number of hydrogen-bond acceptors (Lipinski definition) is 5. The molecule has 0 spiro atoms. The van der Waals surface area contributed by atoms with Crippen molar-refractivity contribution >= 4 is 23.1 Å². The van der Waals surface area contributed by atoms with Gasteiger partial charge in [0.05, 0.1) is 5.69 Å². The molecule has 7 heteroatoms. The smallest absolute Gasteiger partial charge is 0.270 e. The van der Waals surface area contributed by atoms with Gasteiger partial charge in [0.25, 0.3) is 5.91 Å². The van der Waals surface area contributed by atoms with Crippen LogP contribution in [0.5, 0.6) is 0 Å². The first kappa shape index (κ1) is 19.8. The predicted molar refractivity (Wildman–Crippen MR) is 122 cm³/mol. The zero-order chi connectivity index (χ0) is 21.1. The quantitative estimate of drug-likeness (QED) is 0.567. The summed E-state index contributed by atoms with van der Waals surface area (Å²) in [6, 6.07) is 15.7. The summed E-state index contributed by atoms with van der Waals surface area (Å²) in [5, 5.41) is 3.45. The minimum absolute atomic E-state index is 0.0198. The van der Waals surface area contributed by atoms with Crippen molar-refractivity contribution in [2.24, 2.45) is 0 Å². The van der Waals surface area contributed by atoms with Crippen LogP contribution < -0.4 is 16.0 Å². The average molecular weight is 405 g/mol. The van der Waals surface area contributed by atoms with E-state index >= 15 is 0 Å². The molecule has 1 saturated heterocycles. The van der Waals surface area contributed by atoms with Gasteiger partial charge in [0.2, 0.25) is 0 Å². The zero-order valence-corrected chi connectivity index (χ0v) is 17.4. The van der Waals surface area contributed by atoms with Crippen molar-refractivity contribution < 1.29 is 4.79 Å². The maximum Gasteiger partial charge on any atom is 0.270 e. The van der Waals surface area contributed by atoms with Gasteiger partial charge < -0.3 is 25.8 Å². The molecule has 1 aromatic carbocycles. The number of piperazine rings is 1. The number of carbonyl (C=O) groups is 1. The molecule has 1 aliphatic rings. The molecule has 3 heterocycles. The van der Waals surface area contributed by atoms with Crippen LogP contribution in [0, 0.1) is 0 Å². The van der Waals surface area contributed by atoms with Crippen molar-refractivity contribution in [3.63, 3.8) is 0 Å². The zero-order valence-electron chi connectivity index (χ0n) is 17.4. The summed E-state index contributed by atoms with van der Waals surface area (Å²) in [6.45, 7) is 7.03. The van der Waals surface area contributed by atoms with Crippen molar-refractivity contribution in [3.05, 3.63) is 60.4 Å². The van der Waals surface area contributed by atoms with Crippen LogP contribution in [-0.4, -0.2) is 53.0 Å². The molecule has 1 amide bonds. The summed E-state index contributed by atoms with van der Waals surface area (Å²) in [5.74, 6) is 0.966. The van der Waals surface area contributed by atoms with E-state index in [1.54, 1.807) is 0 Å². The normalized spacial score (nSPS) is 14.2. The highest BCUT2D eigenvalue weighted by Crippen LogP contribution is 2.25. The standard InChI is InChI=1S/C23H28N6O/c1-16(2)26-20-7-4-10-25-22(20)28-11-13-29(14-12-28)23(30)21-9-8-19(27-21)17-5-3-6-18(24)15-17/h3-10,15-16,26-27H,11-14,24H2,1-2H3. The topological polar surface area (TPSA) is 90.3 Å². The summed E-state index contributed by atoms with van der Waals surface area (Å²) in [5.41, 5.74) is 10.1. The minimum atomic E-state index is 0.0198. The largest absolute Gasteiger partial charge is 0.399 e. The van der Waals surface area contributed by atoms with Crippen LogP contribution in [0.15, 0.2) is 54.7 Å². The van der Waals surface area contributed by atoms with Crippen LogP contribution in [0.25, 0.3) is 11.3 Å². The Balaban J connectivity index is 1.42. The number of aromatic amines is 1. The number of aromatic nitrogens is 2. The summed E-state index contributed by atoms with van der Waals surface area (Å²) in [4.78, 5) is 24.9. The second-order valence-corrected chi connectivity index (χ2v) is 7.86. The van der Waals surface area contributed by atoms with Gasteiger partial charge in [-0.3, -0.25) is 4.79 Å². The number of rotatable bonds is 5. The first-order valence-electron chi connectivity index (χ1n) is 10.3. The van der Waals surface area contributed by atoms with Crippen LogP contribution >= 0.6 is 0 Å². The first-order valence-corrected chi connectivity index (χ1v) is 10.3. The molecule has 4 rings (SSSR count). The predicted octanol–water partition coefficient (Wildman–Crippen LogP) is 3.44. The number of nitrogens with two attached hydrogens (primary N) is 1. The second kappa shape index (κ2) is 8.49. The highest BCUT2D eigenvalue weighted by molar-refractivity contribution is 5.93. The van der Waals surface area contributed by atoms with E-state index in [0.717, 1.165) is 35.9 Å². The SMILES string of the molecule is CC(C)Nc1cccnc1N1CCN(C(=O)c2ccc(-c3cccc(N)c3)[nH]2)CC1. The number of pyridine rings is 1. The molecule has 30 heavy (non-hydrogen) atoms. The Morgan fingerprint density at radius 3 is 2.63 bits per heavy atom. The molecule has 156 valence electrons. The summed E-state index contributed by atoms with van der Waals surface area (Å²) >= 11 is 0. The van der Waals surface area contributed by atoms with Gasteiger partial charge in [0.15, 0.2) is 5.82 Å². The summed E-state index contributed by atoms with van der Waals surface area (Å²) in [6.07, 6.45) is 1.81. The molecule has 2 aromatic heterocycles. The molecule has 4 N–H and O–H groups in total. The van der Waals surface area contributed by atoms with Crippen LogP contribution in [0.2, 0.25) is 0 Å². The number of nitrogens with one attached hydrogen (secondary N) is 2. The number of nitrogen functional groups attached to an aromatic ring is 1. The molecule has 0 bridgehead atoms. The Kier molecular flexibility index (Phi) is 5.61. The van der Waals surface area contributed by atoms with Crippen molar-refractivity contribution in [3.8, 4) is 11.3 Å². The van der Waals surface area contributed by atoms with E-state index in [-0.39, 0.29) is 5.91 Å². The Labute approximate surface area is 176 Å². The van der Waals surface area contributed by atoms with Gasteiger partial charge in [-0.25, -0.2) is 4.98 Å². The van der Waals surface area contributed by atoms with E-state index < -0.39 is 0 Å². The molecule has 7 nitrogen and oxygen atoms in total. The lowest BCUT2D eigenvalue weighted by Gasteiger charge is -2.36. The highest BCUT2D eigenvalue weighted by atomic mass is 16.2. The maximum atomic E-state index is 13.0. The van der Waals surface area contributed by atoms with Gasteiger partial charge in [-0.05, 0) is 55.8 Å². The first-order chi connectivity index (χ1) is 14.5. The molecule has 0 aliphatic carbocycles. The van der Waals surface area contributed by atoms with E-state index in [1.807, 2.05) is 53.6 Å². The number of carbonyl (C=O) groups excluding carboxylic acids is 1. The van der Waals surface area contributed by atoms with Crippen LogP contribution in [0.3, 0.4) is 0 Å². The van der Waals surface area contributed by atoms with Crippen molar-refractivity contribution in [1.29, 1.82) is 0 Å². The van der Waals surface area contributed by atoms with Gasteiger partial charge in [-0.15, -0.1) is 0 Å². The third-order valence-corrected chi connectivity index (χ3v) is 5.21. The lowest BCUT2D eigenvalue weighted by molar-refractivity contribution is 0.0741. The van der Waals surface area contributed by atoms with Gasteiger partial charge >= 0.3 is 0 Å². The molecule has 1 aliphatic heterocycles. The Morgan fingerprint density at radius 1 is 1.10 bits per heavy atom. The minimum Gasteiger partial charge on any atom is -0.399 e. The monoisotopic (exact) mass is 404 g/mol. The molecule has 0 atom stereocenters. The third kappa shape index (κ3) is 4.25. The van der Waals surface area contributed by atoms with Crippen molar-refractivity contribution in [2.75, 3.05) is 42.1 Å². The second-order valence-electron chi connectivity index (χ2n) is 7.86. The maximum absolute atomic E-state index is 13.0. The van der Waals surface area contributed by atoms with E-state index in [9.17, 15) is 4.79 Å². The number of nitrogens with zero attached hydrogens (tertiary/aromatic N) is 3. The van der Waals surface area contributed by atoms with Gasteiger partial charge in [0, 0.05) is 49.8 Å². The van der Waals surface area contributed by atoms with E-state index in [1.165, 1.54) is 0 Å². The third-order valence-electron chi connectivity index (χ3n) is 5.21. The summed E-state index contributed by atoms with van der Waals surface area (Å²) < 4.78 is 0. The van der Waals surface area contributed by atoms with Crippen molar-refractivity contribution in [1.82, 2.24) is 14.9 Å². The molecule has 0 saturated carbocycles. The molecule has 0 radical (unpaired) electrons. The fourth-order valence-corrected chi connectivity index (χ4v) is 3.76. The van der Waals surface area contributed by atoms with E-state index in [4.69, 9.17) is 5.73 Å². The Hall–Kier alpha value is -3.48. The van der Waals surface area contributed by atoms with E-state index in [2.05, 4.69) is 40.1 Å². The number of hydrogen-bond donors (Lipinski definition) is 3. The lowest BCUT2D eigenvalue weighted by Crippen LogP contribution is -2.49. The molecular weight excluding hydrogens is 376 g/mol. The van der Waals surface area contributed by atoms with Crippen LogP contribution in [-0.2, 0) is 0 Å². The molecule has 1 fully saturated rings. The number of H-pyrrole nitrogens is 1. The number of amides is 1. The van der Waals surface area contributed by atoms with E-state index in [0.29, 0.717) is 30.5 Å². The summed E-state index contributed by atoms with van der Waals surface area (Å²) in [7, 11) is 0. The average Bonchev–Trinajstić information content (AvgIpc) is 3.24. The fraction of sp³-hybridized carbons (Fsp3) is 0.304. The highest BCUT2D eigenvalue weighted by Gasteiger charge is 2.25. The number of anilines is 3. The molecule has 3 aromatic rings. The van der Waals surface area contributed by atoms with Crippen LogP contribution in [0.4, 0.5) is 17.2 Å². The Bertz CT molecular complexity index is 1020. The molecular formula is C23H28N6O. The molecule has 0 unspecified atom stereocenters. The number of benzene rings is 1.